The summed E-state index contributed by atoms with van der Waals surface area (Å²) >= 11 is 0. The van der Waals surface area contributed by atoms with E-state index in [1.54, 1.807) is 0 Å². The highest BCUT2D eigenvalue weighted by Crippen LogP contribution is 2.27. The van der Waals surface area contributed by atoms with E-state index in [0.717, 1.165) is 64.1 Å². The summed E-state index contributed by atoms with van der Waals surface area (Å²) in [4.78, 5) is 7.29. The molecule has 2 heterocycles. The number of guanidine groups is 1. The van der Waals surface area contributed by atoms with Gasteiger partial charge < -0.3 is 20.1 Å². The summed E-state index contributed by atoms with van der Waals surface area (Å²) in [6.07, 6.45) is 1.10. The molecule has 1 atom stereocenters. The number of fused-ring (bicyclic) bond motifs is 1. The Morgan fingerprint density at radius 1 is 1.22 bits per heavy atom. The topological polar surface area (TPSA) is 58.1 Å². The molecule has 152 valence electrons. The molecule has 0 amide bonds. The standard InChI is InChI=1S/C20H32N4O2.HI/c1-4-21-19(23-15-20(2,3)24-9-11-25-12-10-24)22-14-17-13-16-7-5-6-8-18(16)26-17;/h5-8,17H,4,9-15H2,1-3H3,(H2,21,22,23);1H. The molecule has 27 heavy (non-hydrogen) atoms. The van der Waals surface area contributed by atoms with Crippen LogP contribution >= 0.6 is 24.0 Å². The maximum absolute atomic E-state index is 6.01. The van der Waals surface area contributed by atoms with Gasteiger partial charge in [-0.05, 0) is 32.4 Å². The van der Waals surface area contributed by atoms with Crippen molar-refractivity contribution in [1.29, 1.82) is 0 Å². The number of hydrogen-bond acceptors (Lipinski definition) is 4. The summed E-state index contributed by atoms with van der Waals surface area (Å²) < 4.78 is 11.5. The number of nitrogens with one attached hydrogen (secondary N) is 2. The molecule has 3 rings (SSSR count). The average Bonchev–Trinajstić information content (AvgIpc) is 3.08. The zero-order chi connectivity index (χ0) is 18.4. The molecule has 2 N–H and O–H groups in total. The number of aliphatic imine (C=N–C) groups is 1. The van der Waals surface area contributed by atoms with E-state index >= 15 is 0 Å². The predicted molar refractivity (Wildman–Crippen MR) is 120 cm³/mol. The minimum Gasteiger partial charge on any atom is -0.488 e. The monoisotopic (exact) mass is 488 g/mol. The second-order valence-corrected chi connectivity index (χ2v) is 7.54. The molecule has 0 aliphatic carbocycles. The summed E-state index contributed by atoms with van der Waals surface area (Å²) in [5.41, 5.74) is 1.31. The number of ether oxygens (including phenoxy) is 2. The Bertz CT molecular complexity index is 593. The van der Waals surface area contributed by atoms with Crippen LogP contribution in [0.5, 0.6) is 5.75 Å². The fourth-order valence-electron chi connectivity index (χ4n) is 3.46. The molecular weight excluding hydrogens is 455 g/mol. The highest BCUT2D eigenvalue weighted by Gasteiger charge is 2.28. The first-order valence-corrected chi connectivity index (χ1v) is 9.68. The molecule has 0 aromatic heterocycles. The van der Waals surface area contributed by atoms with Gasteiger partial charge in [0, 0.05) is 31.6 Å². The predicted octanol–water partition coefficient (Wildman–Crippen LogP) is 2.27. The van der Waals surface area contributed by atoms with Crippen LogP contribution in [-0.2, 0) is 11.2 Å². The van der Waals surface area contributed by atoms with E-state index in [9.17, 15) is 0 Å². The molecule has 1 saturated heterocycles. The van der Waals surface area contributed by atoms with Gasteiger partial charge in [0.05, 0.1) is 26.3 Å². The van der Waals surface area contributed by atoms with E-state index in [2.05, 4.69) is 48.4 Å². The van der Waals surface area contributed by atoms with Crippen molar-refractivity contribution in [3.05, 3.63) is 29.8 Å². The van der Waals surface area contributed by atoms with Gasteiger partial charge in [0.2, 0.25) is 0 Å². The Kier molecular flexibility index (Phi) is 8.62. The van der Waals surface area contributed by atoms with Crippen LogP contribution in [0.3, 0.4) is 0 Å². The van der Waals surface area contributed by atoms with Crippen molar-refractivity contribution in [2.45, 2.75) is 38.8 Å². The minimum atomic E-state index is 0. The van der Waals surface area contributed by atoms with Crippen LogP contribution in [0.15, 0.2) is 29.3 Å². The van der Waals surface area contributed by atoms with E-state index in [0.29, 0.717) is 0 Å². The van der Waals surface area contributed by atoms with Crippen LogP contribution in [0.25, 0.3) is 0 Å². The van der Waals surface area contributed by atoms with Gasteiger partial charge in [0.25, 0.3) is 0 Å². The fraction of sp³-hybridized carbons (Fsp3) is 0.650. The second-order valence-electron chi connectivity index (χ2n) is 7.54. The van der Waals surface area contributed by atoms with E-state index < -0.39 is 0 Å². The summed E-state index contributed by atoms with van der Waals surface area (Å²) in [5.74, 6) is 1.86. The number of nitrogens with zero attached hydrogens (tertiary/aromatic N) is 2. The van der Waals surface area contributed by atoms with Crippen molar-refractivity contribution in [1.82, 2.24) is 15.5 Å². The first-order chi connectivity index (χ1) is 12.6. The summed E-state index contributed by atoms with van der Waals surface area (Å²) in [7, 11) is 0. The number of rotatable bonds is 6. The van der Waals surface area contributed by atoms with Gasteiger partial charge in [-0.1, -0.05) is 18.2 Å². The van der Waals surface area contributed by atoms with Crippen LogP contribution < -0.4 is 15.4 Å². The normalized spacial score (nSPS) is 20.4. The van der Waals surface area contributed by atoms with Gasteiger partial charge in [-0.3, -0.25) is 9.89 Å². The third-order valence-electron chi connectivity index (χ3n) is 5.05. The van der Waals surface area contributed by atoms with E-state index in [1.807, 2.05) is 12.1 Å². The molecule has 1 aromatic carbocycles. The lowest BCUT2D eigenvalue weighted by atomic mass is 10.0. The van der Waals surface area contributed by atoms with Crippen LogP contribution in [0.2, 0.25) is 0 Å². The Morgan fingerprint density at radius 3 is 2.67 bits per heavy atom. The Morgan fingerprint density at radius 2 is 1.96 bits per heavy atom. The zero-order valence-electron chi connectivity index (χ0n) is 16.7. The van der Waals surface area contributed by atoms with Gasteiger partial charge >= 0.3 is 0 Å². The summed E-state index contributed by atoms with van der Waals surface area (Å²) in [6.45, 7) is 12.5. The Labute approximate surface area is 180 Å². The molecule has 6 nitrogen and oxygen atoms in total. The number of hydrogen-bond donors (Lipinski definition) is 2. The van der Waals surface area contributed by atoms with Gasteiger partial charge in [-0.25, -0.2) is 0 Å². The molecule has 7 heteroatoms. The smallest absolute Gasteiger partial charge is 0.191 e. The first-order valence-electron chi connectivity index (χ1n) is 9.68. The molecule has 0 bridgehead atoms. The molecule has 0 radical (unpaired) electrons. The number of para-hydroxylation sites is 1. The average molecular weight is 488 g/mol. The largest absolute Gasteiger partial charge is 0.488 e. The second kappa shape index (κ2) is 10.5. The van der Waals surface area contributed by atoms with Crippen LogP contribution in [0.4, 0.5) is 0 Å². The minimum absolute atomic E-state index is 0. The maximum atomic E-state index is 6.01. The van der Waals surface area contributed by atoms with E-state index in [4.69, 9.17) is 14.5 Å². The lowest BCUT2D eigenvalue weighted by molar-refractivity contribution is -0.00684. The highest BCUT2D eigenvalue weighted by molar-refractivity contribution is 14.0. The molecule has 0 saturated carbocycles. The molecular formula is C20H33IN4O2. The van der Waals surface area contributed by atoms with Gasteiger partial charge in [-0.2, -0.15) is 0 Å². The number of benzene rings is 1. The Hall–Kier alpha value is -1.06. The van der Waals surface area contributed by atoms with Crippen LogP contribution in [0, 0.1) is 0 Å². The number of halogens is 1. The zero-order valence-corrected chi connectivity index (χ0v) is 19.0. The van der Waals surface area contributed by atoms with Crippen molar-refractivity contribution < 1.29 is 9.47 Å². The third-order valence-corrected chi connectivity index (χ3v) is 5.05. The molecule has 2 aliphatic heterocycles. The SMILES string of the molecule is CCNC(=NCC(C)(C)N1CCOCC1)NCC1Cc2ccccc2O1.I. The third kappa shape index (κ3) is 6.22. The van der Waals surface area contributed by atoms with Gasteiger partial charge in [0.1, 0.15) is 11.9 Å². The Balaban J connectivity index is 0.00000261. The van der Waals surface area contributed by atoms with Crippen LogP contribution in [-0.4, -0.2) is 68.4 Å². The van der Waals surface area contributed by atoms with Gasteiger partial charge in [0.15, 0.2) is 5.96 Å². The molecule has 1 fully saturated rings. The van der Waals surface area contributed by atoms with E-state index in [-0.39, 0.29) is 35.6 Å². The molecule has 1 unspecified atom stereocenters. The first kappa shape index (κ1) is 22.2. The van der Waals surface area contributed by atoms with Crippen molar-refractivity contribution >= 4 is 29.9 Å². The van der Waals surface area contributed by atoms with Crippen molar-refractivity contribution in [2.75, 3.05) is 45.9 Å². The van der Waals surface area contributed by atoms with Gasteiger partial charge in [-0.15, -0.1) is 24.0 Å². The van der Waals surface area contributed by atoms with Crippen molar-refractivity contribution in [3.8, 4) is 5.75 Å². The van der Waals surface area contributed by atoms with Crippen molar-refractivity contribution in [2.24, 2.45) is 4.99 Å². The maximum Gasteiger partial charge on any atom is 0.191 e. The lowest BCUT2D eigenvalue weighted by Crippen LogP contribution is -2.52. The molecule has 0 spiro atoms. The fourth-order valence-corrected chi connectivity index (χ4v) is 3.46. The summed E-state index contributed by atoms with van der Waals surface area (Å²) in [5, 5.41) is 6.79. The lowest BCUT2D eigenvalue weighted by Gasteiger charge is -2.39. The quantitative estimate of drug-likeness (QED) is 0.366. The van der Waals surface area contributed by atoms with E-state index in [1.165, 1.54) is 5.56 Å². The molecule has 1 aromatic rings. The highest BCUT2D eigenvalue weighted by atomic mass is 127. The summed E-state index contributed by atoms with van der Waals surface area (Å²) in [6, 6.07) is 8.27. The number of morpholine rings is 1. The molecule has 2 aliphatic rings. The van der Waals surface area contributed by atoms with Crippen molar-refractivity contribution in [3.63, 3.8) is 0 Å². The van der Waals surface area contributed by atoms with Crippen LogP contribution in [0.1, 0.15) is 26.3 Å².